The molecule has 0 saturated carbocycles. The Labute approximate surface area is 210 Å². The summed E-state index contributed by atoms with van der Waals surface area (Å²) in [6, 6.07) is 13.0. The Balaban J connectivity index is 1.68. The van der Waals surface area contributed by atoms with E-state index in [0.717, 1.165) is 21.9 Å². The Morgan fingerprint density at radius 3 is 2.56 bits per heavy atom. The lowest BCUT2D eigenvalue weighted by Crippen LogP contribution is -2.09. The van der Waals surface area contributed by atoms with Crippen LogP contribution in [0.25, 0.3) is 11.4 Å². The summed E-state index contributed by atoms with van der Waals surface area (Å²) in [6.45, 7) is 2.40. The van der Waals surface area contributed by atoms with E-state index in [0.29, 0.717) is 27.4 Å². The second kappa shape index (κ2) is 10.5. The zero-order valence-electron chi connectivity index (χ0n) is 18.7. The van der Waals surface area contributed by atoms with Crippen LogP contribution in [0, 0.1) is 0 Å². The minimum Gasteiger partial charge on any atom is -0.497 e. The van der Waals surface area contributed by atoms with Crippen molar-refractivity contribution in [3.63, 3.8) is 0 Å². The van der Waals surface area contributed by atoms with Crippen molar-refractivity contribution in [1.29, 1.82) is 0 Å². The highest BCUT2D eigenvalue weighted by Crippen LogP contribution is 2.34. The number of nitrogens with zero attached hydrogens (tertiary/aromatic N) is 5. The quantitative estimate of drug-likeness (QED) is 0.290. The second-order valence-corrected chi connectivity index (χ2v) is 9.00. The van der Waals surface area contributed by atoms with Crippen molar-refractivity contribution in [2.45, 2.75) is 23.5 Å². The Kier molecular flexibility index (Phi) is 7.45. The molecule has 0 N–H and O–H groups in total. The molecule has 176 valence electrons. The first-order valence-corrected chi connectivity index (χ1v) is 11.9. The molecule has 2 heterocycles. The van der Waals surface area contributed by atoms with E-state index in [1.54, 1.807) is 37.0 Å². The molecule has 2 aromatic carbocycles. The molecule has 34 heavy (non-hydrogen) atoms. The van der Waals surface area contributed by atoms with Gasteiger partial charge in [-0.05, 0) is 54.6 Å². The van der Waals surface area contributed by atoms with Gasteiger partial charge in [0, 0.05) is 12.6 Å². The van der Waals surface area contributed by atoms with Gasteiger partial charge in [0.05, 0.1) is 36.5 Å². The average molecular weight is 518 g/mol. The number of esters is 1. The maximum Gasteiger partial charge on any atom is 0.361 e. The van der Waals surface area contributed by atoms with Crippen LogP contribution >= 0.6 is 35.0 Å². The normalized spacial score (nSPS) is 11.0. The SMILES string of the molecule is CCOC(=O)c1nnn(Cc2ccc(OC)cc2)c1Sc1cnc(-c2ccc(Cl)c(Cl)c2)n1C. The molecule has 0 atom stereocenters. The number of carbonyl (C=O) groups is 1. The number of methoxy groups -OCH3 is 1. The largest absolute Gasteiger partial charge is 0.497 e. The number of aromatic nitrogens is 5. The lowest BCUT2D eigenvalue weighted by atomic mass is 10.2. The number of ether oxygens (including phenoxy) is 2. The predicted octanol–water partition coefficient (Wildman–Crippen LogP) is 5.37. The number of hydrogen-bond donors (Lipinski definition) is 0. The standard InChI is InChI=1S/C23H21Cl2N5O3S/c1-4-33-23(31)20-22(30(28-27-20)13-14-5-8-16(32-3)9-6-14)34-19-12-26-21(29(19)2)15-7-10-17(24)18(25)11-15/h5-12H,4,13H2,1-3H3. The fraction of sp³-hybridized carbons (Fsp3) is 0.217. The molecule has 0 spiro atoms. The van der Waals surface area contributed by atoms with Crippen molar-refractivity contribution in [2.75, 3.05) is 13.7 Å². The van der Waals surface area contributed by atoms with Crippen molar-refractivity contribution < 1.29 is 14.3 Å². The highest BCUT2D eigenvalue weighted by atomic mass is 35.5. The molecule has 0 aliphatic rings. The van der Waals surface area contributed by atoms with E-state index in [-0.39, 0.29) is 12.3 Å². The summed E-state index contributed by atoms with van der Waals surface area (Å²) >= 11 is 13.6. The van der Waals surface area contributed by atoms with Crippen LogP contribution in [0.2, 0.25) is 10.0 Å². The van der Waals surface area contributed by atoms with Gasteiger partial charge < -0.3 is 14.0 Å². The van der Waals surface area contributed by atoms with E-state index in [1.807, 2.05) is 41.9 Å². The number of rotatable bonds is 8. The molecule has 0 aliphatic carbocycles. The van der Waals surface area contributed by atoms with E-state index in [2.05, 4.69) is 15.3 Å². The van der Waals surface area contributed by atoms with Gasteiger partial charge in [0.1, 0.15) is 21.6 Å². The molecular formula is C23H21Cl2N5O3S. The summed E-state index contributed by atoms with van der Waals surface area (Å²) in [5.74, 6) is 0.930. The number of imidazole rings is 1. The van der Waals surface area contributed by atoms with Crippen molar-refractivity contribution in [2.24, 2.45) is 7.05 Å². The first-order valence-electron chi connectivity index (χ1n) is 10.3. The van der Waals surface area contributed by atoms with Gasteiger partial charge in [0.25, 0.3) is 0 Å². The number of benzene rings is 2. The summed E-state index contributed by atoms with van der Waals surface area (Å²) in [5.41, 5.74) is 1.95. The molecule has 0 radical (unpaired) electrons. The summed E-state index contributed by atoms with van der Waals surface area (Å²) in [5, 5.41) is 10.6. The molecule has 0 bridgehead atoms. The van der Waals surface area contributed by atoms with E-state index in [1.165, 1.54) is 11.8 Å². The predicted molar refractivity (Wildman–Crippen MR) is 131 cm³/mol. The molecule has 4 rings (SSSR count). The van der Waals surface area contributed by atoms with Gasteiger partial charge >= 0.3 is 5.97 Å². The number of halogens is 2. The van der Waals surface area contributed by atoms with E-state index < -0.39 is 5.97 Å². The van der Waals surface area contributed by atoms with Gasteiger partial charge in [-0.2, -0.15) is 0 Å². The Bertz CT molecular complexity index is 1320. The van der Waals surface area contributed by atoms with Crippen molar-refractivity contribution in [1.82, 2.24) is 24.5 Å². The van der Waals surface area contributed by atoms with Gasteiger partial charge in [-0.15, -0.1) is 5.10 Å². The van der Waals surface area contributed by atoms with Crippen LogP contribution in [0.1, 0.15) is 23.0 Å². The lowest BCUT2D eigenvalue weighted by molar-refractivity contribution is 0.0515. The third-order valence-corrected chi connectivity index (χ3v) is 6.90. The zero-order valence-corrected chi connectivity index (χ0v) is 21.0. The maximum atomic E-state index is 12.6. The summed E-state index contributed by atoms with van der Waals surface area (Å²) in [7, 11) is 3.50. The molecule has 4 aromatic rings. The summed E-state index contributed by atoms with van der Waals surface area (Å²) < 4.78 is 14.0. The van der Waals surface area contributed by atoms with Crippen molar-refractivity contribution >= 4 is 40.9 Å². The maximum absolute atomic E-state index is 12.6. The topological polar surface area (TPSA) is 84.1 Å². The average Bonchev–Trinajstić information content (AvgIpc) is 3.40. The fourth-order valence-electron chi connectivity index (χ4n) is 3.23. The number of hydrogen-bond acceptors (Lipinski definition) is 7. The van der Waals surface area contributed by atoms with Gasteiger partial charge in [-0.3, -0.25) is 0 Å². The minimum absolute atomic E-state index is 0.151. The zero-order chi connectivity index (χ0) is 24.2. The van der Waals surface area contributed by atoms with Gasteiger partial charge in [0.2, 0.25) is 5.69 Å². The third-order valence-electron chi connectivity index (χ3n) is 4.97. The smallest absolute Gasteiger partial charge is 0.361 e. The van der Waals surface area contributed by atoms with E-state index >= 15 is 0 Å². The van der Waals surface area contributed by atoms with Crippen LogP contribution in [0.15, 0.2) is 58.7 Å². The molecule has 2 aromatic heterocycles. The minimum atomic E-state index is -0.530. The van der Waals surface area contributed by atoms with Crippen LogP contribution in [-0.2, 0) is 18.3 Å². The van der Waals surface area contributed by atoms with Crippen LogP contribution in [0.3, 0.4) is 0 Å². The van der Waals surface area contributed by atoms with E-state index in [4.69, 9.17) is 32.7 Å². The Morgan fingerprint density at radius 1 is 1.12 bits per heavy atom. The monoisotopic (exact) mass is 517 g/mol. The van der Waals surface area contributed by atoms with Crippen LogP contribution in [0.5, 0.6) is 5.75 Å². The van der Waals surface area contributed by atoms with Gasteiger partial charge in [0.15, 0.2) is 0 Å². The Morgan fingerprint density at radius 2 is 1.88 bits per heavy atom. The highest BCUT2D eigenvalue weighted by molar-refractivity contribution is 7.99. The third kappa shape index (κ3) is 5.06. The van der Waals surface area contributed by atoms with Crippen LogP contribution < -0.4 is 4.74 Å². The number of carbonyl (C=O) groups excluding carboxylic acids is 1. The van der Waals surface area contributed by atoms with Crippen molar-refractivity contribution in [3.05, 3.63) is 70.0 Å². The first kappa shape index (κ1) is 24.1. The molecule has 0 amide bonds. The molecule has 0 aliphatic heterocycles. The van der Waals surface area contributed by atoms with Crippen LogP contribution in [-0.4, -0.2) is 44.2 Å². The highest BCUT2D eigenvalue weighted by Gasteiger charge is 2.24. The summed E-state index contributed by atoms with van der Waals surface area (Å²) in [4.78, 5) is 17.1. The molecule has 8 nitrogen and oxygen atoms in total. The Hall–Kier alpha value is -3.01. The molecular weight excluding hydrogens is 497 g/mol. The molecule has 0 saturated heterocycles. The first-order chi connectivity index (χ1) is 16.4. The molecule has 11 heteroatoms. The molecule has 0 unspecified atom stereocenters. The lowest BCUT2D eigenvalue weighted by Gasteiger charge is -2.10. The van der Waals surface area contributed by atoms with Crippen LogP contribution in [0.4, 0.5) is 0 Å². The van der Waals surface area contributed by atoms with Crippen molar-refractivity contribution in [3.8, 4) is 17.1 Å². The fourth-order valence-corrected chi connectivity index (χ4v) is 4.48. The van der Waals surface area contributed by atoms with Gasteiger partial charge in [-0.1, -0.05) is 40.5 Å². The second-order valence-electron chi connectivity index (χ2n) is 7.18. The van der Waals surface area contributed by atoms with E-state index in [9.17, 15) is 4.79 Å². The van der Waals surface area contributed by atoms with Gasteiger partial charge in [-0.25, -0.2) is 14.5 Å². The molecule has 0 fully saturated rings. The summed E-state index contributed by atoms with van der Waals surface area (Å²) in [6.07, 6.45) is 1.72.